The molecule has 2 N–H and O–H groups in total. The van der Waals surface area contributed by atoms with Gasteiger partial charge in [0.05, 0.1) is 11.0 Å². The number of nitrogens with one attached hydrogen (secondary N) is 2. The van der Waals surface area contributed by atoms with Crippen LogP contribution in [0, 0.1) is 0 Å². The van der Waals surface area contributed by atoms with Gasteiger partial charge in [0, 0.05) is 24.0 Å². The van der Waals surface area contributed by atoms with Crippen LogP contribution in [0.3, 0.4) is 0 Å². The number of aromatic nitrogens is 3. The molecule has 2 aromatic rings. The fraction of sp³-hybridized carbons (Fsp3) is 0.615. The Morgan fingerprint density at radius 2 is 2.20 bits per heavy atom. The van der Waals surface area contributed by atoms with E-state index in [1.54, 1.807) is 11.3 Å². The Kier molecular flexibility index (Phi) is 5.49. The van der Waals surface area contributed by atoms with Crippen molar-refractivity contribution in [2.24, 2.45) is 0 Å². The second kappa shape index (κ2) is 7.35. The summed E-state index contributed by atoms with van der Waals surface area (Å²) in [6, 6.07) is 0.544. The van der Waals surface area contributed by atoms with Crippen molar-refractivity contribution < 1.29 is 4.42 Å². The Balaban J connectivity index is 1.83. The lowest BCUT2D eigenvalue weighted by Gasteiger charge is -2.09. The molecule has 0 saturated carbocycles. The van der Waals surface area contributed by atoms with E-state index in [9.17, 15) is 0 Å². The Morgan fingerprint density at radius 1 is 1.35 bits per heavy atom. The number of thiazole rings is 1. The molecule has 0 aromatic carbocycles. The standard InChI is InChI=1S/C13H21N5OS/c1-4-5-14-10(3)11-17-18-13(19-11)16-8-9(2)12-15-6-7-20-12/h6-7,9-10,14H,4-5,8H2,1-3H3,(H,16,18). The quantitative estimate of drug-likeness (QED) is 0.780. The summed E-state index contributed by atoms with van der Waals surface area (Å²) in [5.74, 6) is 0.934. The van der Waals surface area contributed by atoms with Crippen molar-refractivity contribution in [2.45, 2.75) is 39.2 Å². The number of rotatable bonds is 8. The topological polar surface area (TPSA) is 75.9 Å². The van der Waals surface area contributed by atoms with E-state index in [2.05, 4.69) is 39.7 Å². The van der Waals surface area contributed by atoms with Crippen LogP contribution in [0.15, 0.2) is 16.0 Å². The van der Waals surface area contributed by atoms with Crippen molar-refractivity contribution in [1.29, 1.82) is 0 Å². The van der Waals surface area contributed by atoms with Crippen molar-refractivity contribution in [2.75, 3.05) is 18.4 Å². The van der Waals surface area contributed by atoms with E-state index < -0.39 is 0 Å². The van der Waals surface area contributed by atoms with Gasteiger partial charge in [-0.15, -0.1) is 16.4 Å². The summed E-state index contributed by atoms with van der Waals surface area (Å²) >= 11 is 1.66. The largest absolute Gasteiger partial charge is 0.406 e. The molecule has 0 fully saturated rings. The first kappa shape index (κ1) is 14.9. The molecule has 2 heterocycles. The fourth-order valence-corrected chi connectivity index (χ4v) is 2.43. The Morgan fingerprint density at radius 3 is 2.90 bits per heavy atom. The average Bonchev–Trinajstić information content (AvgIpc) is 3.12. The van der Waals surface area contributed by atoms with E-state index in [1.165, 1.54) is 0 Å². The molecular weight excluding hydrogens is 274 g/mol. The molecule has 0 aliphatic carbocycles. The summed E-state index contributed by atoms with van der Waals surface area (Å²) in [6.45, 7) is 7.93. The molecule has 0 saturated heterocycles. The zero-order valence-corrected chi connectivity index (χ0v) is 12.9. The monoisotopic (exact) mass is 295 g/mol. The smallest absolute Gasteiger partial charge is 0.315 e. The Labute approximate surface area is 123 Å². The summed E-state index contributed by atoms with van der Waals surface area (Å²) in [4.78, 5) is 4.30. The van der Waals surface area contributed by atoms with Gasteiger partial charge in [-0.3, -0.25) is 0 Å². The highest BCUT2D eigenvalue weighted by atomic mass is 32.1. The van der Waals surface area contributed by atoms with Crippen molar-refractivity contribution in [1.82, 2.24) is 20.5 Å². The highest BCUT2D eigenvalue weighted by Crippen LogP contribution is 2.19. The lowest BCUT2D eigenvalue weighted by Crippen LogP contribution is -2.19. The second-order valence-electron chi connectivity index (χ2n) is 4.77. The van der Waals surface area contributed by atoms with Crippen LogP contribution in [0.2, 0.25) is 0 Å². The molecule has 20 heavy (non-hydrogen) atoms. The van der Waals surface area contributed by atoms with Gasteiger partial charge < -0.3 is 15.1 Å². The van der Waals surface area contributed by atoms with Crippen LogP contribution in [0.4, 0.5) is 6.01 Å². The molecule has 0 aliphatic rings. The summed E-state index contributed by atoms with van der Waals surface area (Å²) in [6.07, 6.45) is 2.90. The molecule has 2 unspecified atom stereocenters. The van der Waals surface area contributed by atoms with Gasteiger partial charge in [-0.2, -0.15) is 0 Å². The van der Waals surface area contributed by atoms with Gasteiger partial charge in [-0.05, 0) is 19.9 Å². The highest BCUT2D eigenvalue weighted by Gasteiger charge is 2.14. The zero-order valence-electron chi connectivity index (χ0n) is 12.1. The molecule has 2 aromatic heterocycles. The fourth-order valence-electron chi connectivity index (χ4n) is 1.73. The maximum Gasteiger partial charge on any atom is 0.315 e. The normalized spacial score (nSPS) is 14.2. The number of hydrogen-bond donors (Lipinski definition) is 2. The molecule has 6 nitrogen and oxygen atoms in total. The third-order valence-corrected chi connectivity index (χ3v) is 3.95. The number of nitrogens with zero attached hydrogens (tertiary/aromatic N) is 3. The van der Waals surface area contributed by atoms with Gasteiger partial charge in [-0.1, -0.05) is 18.9 Å². The Bertz CT molecular complexity index is 499. The number of hydrogen-bond acceptors (Lipinski definition) is 7. The van der Waals surface area contributed by atoms with Crippen molar-refractivity contribution in [3.05, 3.63) is 22.5 Å². The number of anilines is 1. The molecule has 0 radical (unpaired) electrons. The van der Waals surface area contributed by atoms with E-state index >= 15 is 0 Å². The minimum absolute atomic E-state index is 0.0781. The molecule has 0 spiro atoms. The minimum atomic E-state index is 0.0781. The van der Waals surface area contributed by atoms with E-state index in [4.69, 9.17) is 4.42 Å². The second-order valence-corrected chi connectivity index (χ2v) is 5.70. The third kappa shape index (κ3) is 4.01. The molecule has 2 rings (SSSR count). The molecule has 0 aliphatic heterocycles. The van der Waals surface area contributed by atoms with Gasteiger partial charge in [0.25, 0.3) is 0 Å². The van der Waals surface area contributed by atoms with Crippen molar-refractivity contribution in [3.8, 4) is 0 Å². The molecule has 0 bridgehead atoms. The maximum absolute atomic E-state index is 5.60. The zero-order chi connectivity index (χ0) is 14.4. The van der Waals surface area contributed by atoms with E-state index in [1.807, 2.05) is 18.5 Å². The third-order valence-electron chi connectivity index (χ3n) is 2.94. The van der Waals surface area contributed by atoms with Crippen LogP contribution in [0.25, 0.3) is 0 Å². The molecule has 7 heteroatoms. The first-order valence-corrected chi connectivity index (χ1v) is 7.78. The van der Waals surface area contributed by atoms with Crippen LogP contribution in [0.5, 0.6) is 0 Å². The summed E-state index contributed by atoms with van der Waals surface area (Å²) < 4.78 is 5.60. The van der Waals surface area contributed by atoms with Crippen LogP contribution in [-0.2, 0) is 0 Å². The van der Waals surface area contributed by atoms with Crippen molar-refractivity contribution >= 4 is 17.4 Å². The van der Waals surface area contributed by atoms with Gasteiger partial charge in [0.2, 0.25) is 5.89 Å². The van der Waals surface area contributed by atoms with Gasteiger partial charge in [0.15, 0.2) is 0 Å². The summed E-state index contributed by atoms with van der Waals surface area (Å²) in [7, 11) is 0. The summed E-state index contributed by atoms with van der Waals surface area (Å²) in [5, 5.41) is 17.6. The van der Waals surface area contributed by atoms with Crippen LogP contribution in [-0.4, -0.2) is 28.3 Å². The lowest BCUT2D eigenvalue weighted by atomic mass is 10.2. The minimum Gasteiger partial charge on any atom is -0.406 e. The SMILES string of the molecule is CCCNC(C)c1nnc(NCC(C)c2nccs2)o1. The van der Waals surface area contributed by atoms with Crippen molar-refractivity contribution in [3.63, 3.8) is 0 Å². The molecule has 2 atom stereocenters. The molecule has 0 amide bonds. The Hall–Kier alpha value is -1.47. The first-order valence-electron chi connectivity index (χ1n) is 6.90. The van der Waals surface area contributed by atoms with E-state index in [-0.39, 0.29) is 6.04 Å². The van der Waals surface area contributed by atoms with Gasteiger partial charge >= 0.3 is 6.01 Å². The highest BCUT2D eigenvalue weighted by molar-refractivity contribution is 7.09. The van der Waals surface area contributed by atoms with Gasteiger partial charge in [-0.25, -0.2) is 4.98 Å². The maximum atomic E-state index is 5.60. The first-order chi connectivity index (χ1) is 9.70. The van der Waals surface area contributed by atoms with Crippen LogP contribution < -0.4 is 10.6 Å². The lowest BCUT2D eigenvalue weighted by molar-refractivity contribution is 0.422. The average molecular weight is 295 g/mol. The predicted octanol–water partition coefficient (Wildman–Crippen LogP) is 2.80. The van der Waals surface area contributed by atoms with Crippen LogP contribution in [0.1, 0.15) is 50.1 Å². The van der Waals surface area contributed by atoms with Gasteiger partial charge in [0.1, 0.15) is 0 Å². The van der Waals surface area contributed by atoms with E-state index in [0.29, 0.717) is 17.8 Å². The summed E-state index contributed by atoms with van der Waals surface area (Å²) in [5.41, 5.74) is 0. The molecular formula is C13H21N5OS. The predicted molar refractivity (Wildman–Crippen MR) is 80.0 cm³/mol. The van der Waals surface area contributed by atoms with E-state index in [0.717, 1.165) is 24.5 Å². The molecule has 110 valence electrons. The van der Waals surface area contributed by atoms with Crippen LogP contribution >= 0.6 is 11.3 Å².